The Labute approximate surface area is 152 Å². The maximum absolute atomic E-state index is 13.1. The van der Waals surface area contributed by atoms with Gasteiger partial charge in [-0.05, 0) is 52.6 Å². The fourth-order valence-electron chi connectivity index (χ4n) is 4.60. The van der Waals surface area contributed by atoms with Crippen molar-refractivity contribution in [3.8, 4) is 0 Å². The molecule has 2 heterocycles. The predicted molar refractivity (Wildman–Crippen MR) is 101 cm³/mol. The van der Waals surface area contributed by atoms with E-state index in [9.17, 15) is 4.79 Å². The van der Waals surface area contributed by atoms with Crippen LogP contribution in [0.25, 0.3) is 0 Å². The van der Waals surface area contributed by atoms with Gasteiger partial charge in [-0.25, -0.2) is 0 Å². The number of carbonyl (C=O) groups is 1. The Morgan fingerprint density at radius 2 is 1.88 bits per heavy atom. The average Bonchev–Trinajstić information content (AvgIpc) is 3.12. The number of amides is 1. The summed E-state index contributed by atoms with van der Waals surface area (Å²) in [5.41, 5.74) is 3.35. The number of rotatable bonds is 4. The van der Waals surface area contributed by atoms with Crippen LogP contribution in [-0.2, 0) is 0 Å². The highest BCUT2D eigenvalue weighted by Crippen LogP contribution is 2.33. The van der Waals surface area contributed by atoms with Gasteiger partial charge in [-0.2, -0.15) is 0 Å². The topological polar surface area (TPSA) is 37.3 Å². The molecule has 1 saturated heterocycles. The number of halogens is 1. The van der Waals surface area contributed by atoms with Gasteiger partial charge in [0.05, 0.1) is 5.56 Å². The van der Waals surface area contributed by atoms with Crippen LogP contribution in [0.5, 0.6) is 0 Å². The molecule has 0 bridgehead atoms. The lowest BCUT2D eigenvalue weighted by Gasteiger charge is -2.27. The standard InChI is InChI=1S/C19H31N3O.ClH/c1-14-12-18(15(2)22(14)16-8-5-4-6-9-16)19(23)21-11-7-10-17(21)13-20-3;/h12,16-17,20H,4-11,13H2,1-3H3;1H. The summed E-state index contributed by atoms with van der Waals surface area (Å²) in [6.07, 6.45) is 8.77. The van der Waals surface area contributed by atoms with Crippen molar-refractivity contribution in [2.45, 2.75) is 70.9 Å². The minimum atomic E-state index is 0. The van der Waals surface area contributed by atoms with Gasteiger partial charge in [0.25, 0.3) is 5.91 Å². The first-order valence-corrected chi connectivity index (χ1v) is 9.27. The third-order valence-corrected chi connectivity index (χ3v) is 5.73. The zero-order valence-electron chi connectivity index (χ0n) is 15.3. The van der Waals surface area contributed by atoms with Crippen molar-refractivity contribution in [1.29, 1.82) is 0 Å². The van der Waals surface area contributed by atoms with Crippen LogP contribution >= 0.6 is 12.4 Å². The molecule has 5 heteroatoms. The summed E-state index contributed by atoms with van der Waals surface area (Å²) in [5, 5.41) is 3.23. The highest BCUT2D eigenvalue weighted by Gasteiger charge is 2.31. The monoisotopic (exact) mass is 353 g/mol. The molecule has 1 aromatic heterocycles. The molecular weight excluding hydrogens is 322 g/mol. The van der Waals surface area contributed by atoms with Crippen LogP contribution in [0.3, 0.4) is 0 Å². The van der Waals surface area contributed by atoms with Crippen LogP contribution < -0.4 is 5.32 Å². The Balaban J connectivity index is 0.00000208. The van der Waals surface area contributed by atoms with Crippen LogP contribution in [0, 0.1) is 13.8 Å². The number of nitrogens with zero attached hydrogens (tertiary/aromatic N) is 2. The van der Waals surface area contributed by atoms with Gasteiger partial charge < -0.3 is 14.8 Å². The van der Waals surface area contributed by atoms with E-state index >= 15 is 0 Å². The Morgan fingerprint density at radius 1 is 1.17 bits per heavy atom. The number of hydrogen-bond acceptors (Lipinski definition) is 2. The molecule has 0 radical (unpaired) electrons. The number of nitrogens with one attached hydrogen (secondary N) is 1. The summed E-state index contributed by atoms with van der Waals surface area (Å²) in [5.74, 6) is 0.234. The van der Waals surface area contributed by atoms with Crippen molar-refractivity contribution in [1.82, 2.24) is 14.8 Å². The molecule has 2 fully saturated rings. The maximum Gasteiger partial charge on any atom is 0.255 e. The minimum absolute atomic E-state index is 0. The fraction of sp³-hybridized carbons (Fsp3) is 0.737. The van der Waals surface area contributed by atoms with Gasteiger partial charge in [-0.3, -0.25) is 4.79 Å². The second-order valence-electron chi connectivity index (χ2n) is 7.30. The molecule has 3 rings (SSSR count). The van der Waals surface area contributed by atoms with Crippen LogP contribution in [0.2, 0.25) is 0 Å². The third-order valence-electron chi connectivity index (χ3n) is 5.73. The van der Waals surface area contributed by atoms with Gasteiger partial charge in [-0.1, -0.05) is 19.3 Å². The largest absolute Gasteiger partial charge is 0.345 e. The zero-order chi connectivity index (χ0) is 16.4. The first-order chi connectivity index (χ1) is 11.1. The second-order valence-corrected chi connectivity index (χ2v) is 7.30. The van der Waals surface area contributed by atoms with Crippen LogP contribution in [0.1, 0.15) is 72.7 Å². The number of likely N-dealkylation sites (tertiary alicyclic amines) is 1. The highest BCUT2D eigenvalue weighted by molar-refractivity contribution is 5.96. The molecular formula is C19H32ClN3O. The Kier molecular flexibility index (Phi) is 6.76. The van der Waals surface area contributed by atoms with E-state index in [1.165, 1.54) is 43.5 Å². The normalized spacial score (nSPS) is 21.8. The second kappa shape index (κ2) is 8.39. The average molecular weight is 354 g/mol. The van der Waals surface area contributed by atoms with Gasteiger partial charge in [0, 0.05) is 36.6 Å². The van der Waals surface area contributed by atoms with Gasteiger partial charge in [-0.15, -0.1) is 12.4 Å². The van der Waals surface area contributed by atoms with E-state index in [1.807, 2.05) is 7.05 Å². The lowest BCUT2D eigenvalue weighted by Crippen LogP contribution is -2.41. The summed E-state index contributed by atoms with van der Waals surface area (Å²) in [7, 11) is 1.97. The Bertz CT molecular complexity index is 563. The summed E-state index contributed by atoms with van der Waals surface area (Å²) in [6, 6.07) is 3.07. The van der Waals surface area contributed by atoms with Crippen molar-refractivity contribution >= 4 is 18.3 Å². The fourth-order valence-corrected chi connectivity index (χ4v) is 4.60. The number of likely N-dealkylation sites (N-methyl/N-ethyl adjacent to an activating group) is 1. The molecule has 1 aliphatic carbocycles. The van der Waals surface area contributed by atoms with E-state index < -0.39 is 0 Å². The van der Waals surface area contributed by atoms with Crippen molar-refractivity contribution in [3.05, 3.63) is 23.0 Å². The van der Waals surface area contributed by atoms with Crippen LogP contribution in [-0.4, -0.2) is 41.6 Å². The third kappa shape index (κ3) is 3.65. The van der Waals surface area contributed by atoms with Gasteiger partial charge >= 0.3 is 0 Å². The summed E-state index contributed by atoms with van der Waals surface area (Å²) in [6.45, 7) is 6.09. The van der Waals surface area contributed by atoms with E-state index in [0.717, 1.165) is 31.5 Å². The molecule has 1 atom stereocenters. The zero-order valence-corrected chi connectivity index (χ0v) is 16.1. The molecule has 1 N–H and O–H groups in total. The first-order valence-electron chi connectivity index (χ1n) is 9.27. The van der Waals surface area contributed by atoms with Gasteiger partial charge in [0.2, 0.25) is 0 Å². The molecule has 0 aromatic carbocycles. The molecule has 24 heavy (non-hydrogen) atoms. The minimum Gasteiger partial charge on any atom is -0.345 e. The Hall–Kier alpha value is -1.00. The lowest BCUT2D eigenvalue weighted by molar-refractivity contribution is 0.0736. The molecule has 1 amide bonds. The Morgan fingerprint density at radius 3 is 2.54 bits per heavy atom. The molecule has 136 valence electrons. The lowest BCUT2D eigenvalue weighted by atomic mass is 9.95. The van der Waals surface area contributed by atoms with Gasteiger partial charge in [0.15, 0.2) is 0 Å². The number of carbonyl (C=O) groups excluding carboxylic acids is 1. The molecule has 2 aliphatic rings. The van der Waals surface area contributed by atoms with Crippen molar-refractivity contribution < 1.29 is 4.79 Å². The van der Waals surface area contributed by atoms with Crippen molar-refractivity contribution in [3.63, 3.8) is 0 Å². The van der Waals surface area contributed by atoms with E-state index in [-0.39, 0.29) is 18.3 Å². The highest BCUT2D eigenvalue weighted by atomic mass is 35.5. The summed E-state index contributed by atoms with van der Waals surface area (Å²) >= 11 is 0. The van der Waals surface area contributed by atoms with Gasteiger partial charge in [0.1, 0.15) is 0 Å². The molecule has 1 saturated carbocycles. The predicted octanol–water partition coefficient (Wildman–Crippen LogP) is 3.86. The summed E-state index contributed by atoms with van der Waals surface area (Å²) in [4.78, 5) is 15.2. The molecule has 1 aliphatic heterocycles. The molecule has 1 aromatic rings. The molecule has 4 nitrogen and oxygen atoms in total. The maximum atomic E-state index is 13.1. The SMILES string of the molecule is CNCC1CCCN1C(=O)c1cc(C)n(C2CCCCC2)c1C.Cl. The van der Waals surface area contributed by atoms with E-state index in [2.05, 4.69) is 34.7 Å². The van der Waals surface area contributed by atoms with Crippen LogP contribution in [0.4, 0.5) is 0 Å². The van der Waals surface area contributed by atoms with Crippen molar-refractivity contribution in [2.75, 3.05) is 20.1 Å². The molecule has 0 spiro atoms. The molecule has 1 unspecified atom stereocenters. The number of hydrogen-bond donors (Lipinski definition) is 1. The van der Waals surface area contributed by atoms with Crippen LogP contribution in [0.15, 0.2) is 6.07 Å². The number of aromatic nitrogens is 1. The smallest absolute Gasteiger partial charge is 0.255 e. The van der Waals surface area contributed by atoms with Crippen molar-refractivity contribution in [2.24, 2.45) is 0 Å². The summed E-state index contributed by atoms with van der Waals surface area (Å²) < 4.78 is 2.44. The number of aryl methyl sites for hydroxylation is 1. The first kappa shape index (κ1) is 19.3. The van der Waals surface area contributed by atoms with E-state index in [1.54, 1.807) is 0 Å². The quantitative estimate of drug-likeness (QED) is 0.892. The van der Waals surface area contributed by atoms with E-state index in [0.29, 0.717) is 12.1 Å². The van der Waals surface area contributed by atoms with E-state index in [4.69, 9.17) is 0 Å².